The molecule has 2 heterocycles. The number of halogens is 1. The Balaban J connectivity index is 1.72. The monoisotopic (exact) mass is 339 g/mol. The summed E-state index contributed by atoms with van der Waals surface area (Å²) in [7, 11) is 0. The molecule has 5 nitrogen and oxygen atoms in total. The van der Waals surface area contributed by atoms with Crippen LogP contribution in [0.25, 0.3) is 0 Å². The van der Waals surface area contributed by atoms with Crippen molar-refractivity contribution in [2.24, 2.45) is 5.92 Å². The molecule has 1 aromatic rings. The molecule has 108 valence electrons. The maximum absolute atomic E-state index is 11.0. The Labute approximate surface area is 126 Å². The number of nitrogens with zero attached hydrogens (tertiary/aromatic N) is 2. The molecule has 3 rings (SSSR count). The number of nitrogens with one attached hydrogen (secondary N) is 1. The highest BCUT2D eigenvalue weighted by atomic mass is 79.9. The predicted octanol–water partition coefficient (Wildman–Crippen LogP) is 2.54. The molecule has 2 aliphatic rings. The van der Waals surface area contributed by atoms with Crippen molar-refractivity contribution < 1.29 is 4.92 Å². The summed E-state index contributed by atoms with van der Waals surface area (Å²) in [6, 6.07) is 5.87. The van der Waals surface area contributed by atoms with Gasteiger partial charge >= 0.3 is 0 Å². The lowest BCUT2D eigenvalue weighted by molar-refractivity contribution is -0.385. The zero-order chi connectivity index (χ0) is 14.1. The summed E-state index contributed by atoms with van der Waals surface area (Å²) in [5.41, 5.74) is 1.15. The molecule has 0 spiro atoms. The van der Waals surface area contributed by atoms with E-state index in [1.165, 1.54) is 12.8 Å². The molecule has 0 radical (unpaired) electrons. The number of hydrogen-bond donors (Lipinski definition) is 1. The molecule has 20 heavy (non-hydrogen) atoms. The van der Waals surface area contributed by atoms with Gasteiger partial charge in [-0.25, -0.2) is 0 Å². The molecule has 0 amide bonds. The van der Waals surface area contributed by atoms with Crippen LogP contribution in [0.5, 0.6) is 0 Å². The SMILES string of the molecule is O=[N+]([O-])c1cccc(CN2CC3CCCNC3C2)c1Br. The topological polar surface area (TPSA) is 58.4 Å². The van der Waals surface area contributed by atoms with Gasteiger partial charge in [0, 0.05) is 31.7 Å². The third kappa shape index (κ3) is 2.73. The predicted molar refractivity (Wildman–Crippen MR) is 80.6 cm³/mol. The molecule has 2 fully saturated rings. The first-order valence-electron chi connectivity index (χ1n) is 7.02. The first-order valence-corrected chi connectivity index (χ1v) is 7.82. The summed E-state index contributed by atoms with van der Waals surface area (Å²) >= 11 is 3.38. The molecular weight excluding hydrogens is 322 g/mol. The minimum Gasteiger partial charge on any atom is -0.312 e. The number of rotatable bonds is 3. The van der Waals surface area contributed by atoms with Crippen LogP contribution >= 0.6 is 15.9 Å². The number of likely N-dealkylation sites (tertiary alicyclic amines) is 1. The molecule has 0 aromatic heterocycles. The average molecular weight is 340 g/mol. The average Bonchev–Trinajstić information content (AvgIpc) is 2.83. The maximum Gasteiger partial charge on any atom is 0.283 e. The van der Waals surface area contributed by atoms with Crippen molar-refractivity contribution in [2.45, 2.75) is 25.4 Å². The van der Waals surface area contributed by atoms with Gasteiger partial charge in [-0.1, -0.05) is 12.1 Å². The highest BCUT2D eigenvalue weighted by Crippen LogP contribution is 2.31. The molecule has 6 heteroatoms. The maximum atomic E-state index is 11.0. The van der Waals surface area contributed by atoms with Crippen LogP contribution in [-0.4, -0.2) is 35.5 Å². The minimum absolute atomic E-state index is 0.150. The third-order valence-corrected chi connectivity index (χ3v) is 5.24. The summed E-state index contributed by atoms with van der Waals surface area (Å²) in [6.07, 6.45) is 2.56. The molecule has 2 atom stereocenters. The van der Waals surface area contributed by atoms with E-state index < -0.39 is 0 Å². The van der Waals surface area contributed by atoms with E-state index in [1.54, 1.807) is 12.1 Å². The van der Waals surface area contributed by atoms with Crippen LogP contribution in [0.3, 0.4) is 0 Å². The lowest BCUT2D eigenvalue weighted by Crippen LogP contribution is -2.40. The first kappa shape index (κ1) is 14.0. The van der Waals surface area contributed by atoms with E-state index in [0.29, 0.717) is 10.5 Å². The minimum atomic E-state index is -0.334. The van der Waals surface area contributed by atoms with Gasteiger partial charge < -0.3 is 5.32 Å². The van der Waals surface area contributed by atoms with Crippen LogP contribution in [-0.2, 0) is 6.54 Å². The Bertz CT molecular complexity index is 509. The van der Waals surface area contributed by atoms with E-state index in [1.807, 2.05) is 6.07 Å². The van der Waals surface area contributed by atoms with Crippen LogP contribution in [0.2, 0.25) is 0 Å². The zero-order valence-corrected chi connectivity index (χ0v) is 12.8. The summed E-state index contributed by atoms with van der Waals surface area (Å²) in [5, 5.41) is 14.5. The van der Waals surface area contributed by atoms with Crippen LogP contribution in [0.1, 0.15) is 18.4 Å². The molecule has 2 unspecified atom stereocenters. The molecule has 1 aromatic carbocycles. The first-order chi connectivity index (χ1) is 9.65. The number of nitro benzene ring substituents is 1. The van der Waals surface area contributed by atoms with Crippen molar-refractivity contribution in [1.82, 2.24) is 10.2 Å². The number of piperidine rings is 1. The van der Waals surface area contributed by atoms with E-state index in [-0.39, 0.29) is 10.6 Å². The third-order valence-electron chi connectivity index (χ3n) is 4.32. The largest absolute Gasteiger partial charge is 0.312 e. The highest BCUT2D eigenvalue weighted by Gasteiger charge is 2.34. The number of hydrogen-bond acceptors (Lipinski definition) is 4. The Morgan fingerprint density at radius 3 is 3.05 bits per heavy atom. The quantitative estimate of drug-likeness (QED) is 0.679. The molecule has 0 saturated carbocycles. The van der Waals surface area contributed by atoms with E-state index in [9.17, 15) is 10.1 Å². The molecule has 2 aliphatic heterocycles. The summed E-state index contributed by atoms with van der Waals surface area (Å²) in [5.74, 6) is 0.737. The second-order valence-corrected chi connectivity index (χ2v) is 6.46. The summed E-state index contributed by atoms with van der Waals surface area (Å²) in [4.78, 5) is 13.0. The van der Waals surface area contributed by atoms with Gasteiger partial charge in [0.25, 0.3) is 5.69 Å². The standard InChI is InChI=1S/C14H18BrN3O2/c15-14-11(3-1-5-13(14)18(19)20)8-17-7-10-4-2-6-16-12(10)9-17/h1,3,5,10,12,16H,2,4,6-9H2. The molecule has 0 aliphatic carbocycles. The second kappa shape index (κ2) is 5.79. The van der Waals surface area contributed by atoms with Gasteiger partial charge in [0.15, 0.2) is 0 Å². The summed E-state index contributed by atoms with van der Waals surface area (Å²) < 4.78 is 0.618. The van der Waals surface area contributed by atoms with E-state index in [0.717, 1.165) is 37.7 Å². The van der Waals surface area contributed by atoms with Gasteiger partial charge in [-0.2, -0.15) is 0 Å². The molecule has 2 saturated heterocycles. The number of benzene rings is 1. The van der Waals surface area contributed by atoms with Crippen molar-refractivity contribution >= 4 is 21.6 Å². The van der Waals surface area contributed by atoms with E-state index in [4.69, 9.17) is 0 Å². The molecule has 1 N–H and O–H groups in total. The zero-order valence-electron chi connectivity index (χ0n) is 11.2. The Hall–Kier alpha value is -0.980. The van der Waals surface area contributed by atoms with Gasteiger partial charge in [-0.05, 0) is 46.8 Å². The number of nitro groups is 1. The number of fused-ring (bicyclic) bond motifs is 1. The Kier molecular flexibility index (Phi) is 4.05. The van der Waals surface area contributed by atoms with Crippen LogP contribution < -0.4 is 5.32 Å². The fourth-order valence-electron chi connectivity index (χ4n) is 3.34. The fraction of sp³-hybridized carbons (Fsp3) is 0.571. The van der Waals surface area contributed by atoms with Crippen LogP contribution in [0.4, 0.5) is 5.69 Å². The molecule has 0 bridgehead atoms. The highest BCUT2D eigenvalue weighted by molar-refractivity contribution is 9.10. The van der Waals surface area contributed by atoms with E-state index in [2.05, 4.69) is 26.1 Å². The van der Waals surface area contributed by atoms with Gasteiger partial charge in [0.1, 0.15) is 0 Å². The van der Waals surface area contributed by atoms with Crippen molar-refractivity contribution in [3.05, 3.63) is 38.3 Å². The van der Waals surface area contributed by atoms with E-state index >= 15 is 0 Å². The van der Waals surface area contributed by atoms with Gasteiger partial charge in [-0.15, -0.1) is 0 Å². The van der Waals surface area contributed by atoms with Gasteiger partial charge in [0.05, 0.1) is 9.40 Å². The van der Waals surface area contributed by atoms with Crippen molar-refractivity contribution in [1.29, 1.82) is 0 Å². The lowest BCUT2D eigenvalue weighted by atomic mass is 9.94. The van der Waals surface area contributed by atoms with Crippen molar-refractivity contribution in [3.8, 4) is 0 Å². The Morgan fingerprint density at radius 1 is 1.45 bits per heavy atom. The molecular formula is C14H18BrN3O2. The fourth-order valence-corrected chi connectivity index (χ4v) is 3.87. The smallest absolute Gasteiger partial charge is 0.283 e. The van der Waals surface area contributed by atoms with Gasteiger partial charge in [-0.3, -0.25) is 15.0 Å². The van der Waals surface area contributed by atoms with Gasteiger partial charge in [0.2, 0.25) is 0 Å². The lowest BCUT2D eigenvalue weighted by Gasteiger charge is -2.24. The van der Waals surface area contributed by atoms with Crippen molar-refractivity contribution in [2.75, 3.05) is 19.6 Å². The van der Waals surface area contributed by atoms with Crippen LogP contribution in [0, 0.1) is 16.0 Å². The normalized spacial score (nSPS) is 26.4. The van der Waals surface area contributed by atoms with Crippen molar-refractivity contribution in [3.63, 3.8) is 0 Å². The summed E-state index contributed by atoms with van der Waals surface area (Å²) in [6.45, 7) is 4.03. The second-order valence-electron chi connectivity index (χ2n) is 5.66. The Morgan fingerprint density at radius 2 is 2.30 bits per heavy atom. The van der Waals surface area contributed by atoms with Crippen LogP contribution in [0.15, 0.2) is 22.7 Å².